The Labute approximate surface area is 155 Å². The smallest absolute Gasteiger partial charge is 0.294 e. The summed E-state index contributed by atoms with van der Waals surface area (Å²) in [5, 5.41) is 2.27. The highest BCUT2D eigenvalue weighted by Gasteiger charge is 2.36. The summed E-state index contributed by atoms with van der Waals surface area (Å²) < 4.78 is 10.5. The molecule has 0 spiro atoms. The van der Waals surface area contributed by atoms with Gasteiger partial charge in [0, 0.05) is 13.2 Å². The second-order valence-corrected chi connectivity index (χ2v) is 6.97. The van der Waals surface area contributed by atoms with Gasteiger partial charge < -0.3 is 14.8 Å². The van der Waals surface area contributed by atoms with Gasteiger partial charge in [-0.1, -0.05) is 12.1 Å². The number of carbonyl (C=O) groups is 3. The van der Waals surface area contributed by atoms with Gasteiger partial charge in [-0.2, -0.15) is 0 Å². The molecule has 0 aliphatic carbocycles. The highest BCUT2D eigenvalue weighted by Crippen LogP contribution is 2.32. The molecule has 0 bridgehead atoms. The standard InChI is InChI=1S/C18H20N2O5S/c1-24-13-6-4-12(5-7-13)9-15-17(22)20(18(23)26-15)11-16(21)19-10-14-3-2-8-25-14/h4-7,9,14H,2-3,8,10-11H2,1H3,(H,19,21)/b15-9-/t14-/m0/s1. The van der Waals surface area contributed by atoms with Gasteiger partial charge in [0.2, 0.25) is 5.91 Å². The van der Waals surface area contributed by atoms with Crippen molar-refractivity contribution in [3.05, 3.63) is 34.7 Å². The van der Waals surface area contributed by atoms with Crippen molar-refractivity contribution in [2.45, 2.75) is 18.9 Å². The minimum absolute atomic E-state index is 0.0174. The molecule has 2 heterocycles. The third-order valence-electron chi connectivity index (χ3n) is 4.14. The van der Waals surface area contributed by atoms with Crippen LogP contribution in [0.1, 0.15) is 18.4 Å². The number of nitrogens with zero attached hydrogens (tertiary/aromatic N) is 1. The van der Waals surface area contributed by atoms with Crippen LogP contribution in [-0.2, 0) is 14.3 Å². The molecule has 2 fully saturated rings. The predicted octanol–water partition coefficient (Wildman–Crippen LogP) is 2.03. The lowest BCUT2D eigenvalue weighted by Crippen LogP contribution is -2.41. The normalized spacial score (nSPS) is 21.5. The SMILES string of the molecule is COc1ccc(/C=C2\SC(=O)N(CC(=O)NC[C@@H]3CCCO3)C2=O)cc1. The van der Waals surface area contributed by atoms with Crippen molar-refractivity contribution in [2.24, 2.45) is 0 Å². The zero-order valence-electron chi connectivity index (χ0n) is 14.4. The predicted molar refractivity (Wildman–Crippen MR) is 97.7 cm³/mol. The highest BCUT2D eigenvalue weighted by atomic mass is 32.2. The molecule has 0 saturated carbocycles. The van der Waals surface area contributed by atoms with Gasteiger partial charge in [-0.15, -0.1) is 0 Å². The van der Waals surface area contributed by atoms with Crippen molar-refractivity contribution in [1.82, 2.24) is 10.2 Å². The second-order valence-electron chi connectivity index (χ2n) is 5.98. The van der Waals surface area contributed by atoms with E-state index in [2.05, 4.69) is 5.32 Å². The molecule has 2 aliphatic heterocycles. The molecular weight excluding hydrogens is 356 g/mol. The van der Waals surface area contributed by atoms with Crippen LogP contribution in [0.2, 0.25) is 0 Å². The zero-order chi connectivity index (χ0) is 18.5. The number of hydrogen-bond acceptors (Lipinski definition) is 6. The fraction of sp³-hybridized carbons (Fsp3) is 0.389. The monoisotopic (exact) mass is 376 g/mol. The van der Waals surface area contributed by atoms with Crippen molar-refractivity contribution < 1.29 is 23.9 Å². The summed E-state index contributed by atoms with van der Waals surface area (Å²) in [4.78, 5) is 37.8. The van der Waals surface area contributed by atoms with Gasteiger partial charge in [-0.25, -0.2) is 0 Å². The molecule has 3 rings (SSSR count). The average Bonchev–Trinajstić information content (AvgIpc) is 3.25. The van der Waals surface area contributed by atoms with E-state index in [1.807, 2.05) is 0 Å². The maximum atomic E-state index is 12.4. The molecule has 7 nitrogen and oxygen atoms in total. The number of rotatable bonds is 6. The van der Waals surface area contributed by atoms with Crippen LogP contribution >= 0.6 is 11.8 Å². The van der Waals surface area contributed by atoms with Gasteiger partial charge in [-0.3, -0.25) is 19.3 Å². The molecule has 1 atom stereocenters. The topological polar surface area (TPSA) is 84.9 Å². The molecule has 2 saturated heterocycles. The number of hydrogen-bond donors (Lipinski definition) is 1. The summed E-state index contributed by atoms with van der Waals surface area (Å²) in [6.45, 7) is 0.827. The molecule has 1 aromatic rings. The molecular formula is C18H20N2O5S. The largest absolute Gasteiger partial charge is 0.497 e. The van der Waals surface area contributed by atoms with Crippen LogP contribution in [0.25, 0.3) is 6.08 Å². The zero-order valence-corrected chi connectivity index (χ0v) is 15.2. The Hall–Kier alpha value is -2.32. The Morgan fingerprint density at radius 3 is 2.81 bits per heavy atom. The van der Waals surface area contributed by atoms with Crippen LogP contribution in [0.3, 0.4) is 0 Å². The van der Waals surface area contributed by atoms with E-state index in [0.29, 0.717) is 23.8 Å². The molecule has 138 valence electrons. The molecule has 0 unspecified atom stereocenters. The van der Waals surface area contributed by atoms with E-state index in [0.717, 1.165) is 35.1 Å². The van der Waals surface area contributed by atoms with E-state index in [4.69, 9.17) is 9.47 Å². The number of methoxy groups -OCH3 is 1. The second kappa shape index (κ2) is 8.37. The number of carbonyl (C=O) groups excluding carboxylic acids is 3. The summed E-state index contributed by atoms with van der Waals surface area (Å²) in [7, 11) is 1.57. The molecule has 3 amide bonds. The molecule has 1 N–H and O–H groups in total. The Kier molecular flexibility index (Phi) is 5.95. The minimum atomic E-state index is -0.455. The van der Waals surface area contributed by atoms with Gasteiger partial charge in [0.25, 0.3) is 11.1 Å². The number of thioether (sulfide) groups is 1. The van der Waals surface area contributed by atoms with Crippen LogP contribution in [0, 0.1) is 0 Å². The van der Waals surface area contributed by atoms with E-state index in [-0.39, 0.29) is 18.6 Å². The van der Waals surface area contributed by atoms with Crippen LogP contribution in [0.15, 0.2) is 29.2 Å². The Morgan fingerprint density at radius 2 is 2.15 bits per heavy atom. The van der Waals surface area contributed by atoms with Gasteiger partial charge >= 0.3 is 0 Å². The number of nitrogens with one attached hydrogen (secondary N) is 1. The summed E-state index contributed by atoms with van der Waals surface area (Å²) in [5.74, 6) is -0.116. The molecule has 0 radical (unpaired) electrons. The number of amides is 3. The first-order chi connectivity index (χ1) is 12.6. The first kappa shape index (κ1) is 18.5. The highest BCUT2D eigenvalue weighted by molar-refractivity contribution is 8.18. The summed E-state index contributed by atoms with van der Waals surface area (Å²) in [6.07, 6.45) is 3.55. The van der Waals surface area contributed by atoms with Crippen LogP contribution < -0.4 is 10.1 Å². The van der Waals surface area contributed by atoms with Crippen molar-refractivity contribution in [1.29, 1.82) is 0 Å². The third-order valence-corrected chi connectivity index (χ3v) is 5.05. The Morgan fingerprint density at radius 1 is 1.38 bits per heavy atom. The fourth-order valence-electron chi connectivity index (χ4n) is 2.72. The minimum Gasteiger partial charge on any atom is -0.497 e. The van der Waals surface area contributed by atoms with Crippen LogP contribution in [0.5, 0.6) is 5.75 Å². The Bertz CT molecular complexity index is 726. The lowest BCUT2D eigenvalue weighted by Gasteiger charge is -2.14. The van der Waals surface area contributed by atoms with Gasteiger partial charge in [0.15, 0.2) is 0 Å². The number of benzene rings is 1. The first-order valence-corrected chi connectivity index (χ1v) is 9.16. The maximum Gasteiger partial charge on any atom is 0.294 e. The summed E-state index contributed by atoms with van der Waals surface area (Å²) >= 11 is 0.835. The lowest BCUT2D eigenvalue weighted by molar-refractivity contribution is -0.129. The van der Waals surface area contributed by atoms with Gasteiger partial charge in [0.1, 0.15) is 12.3 Å². The molecule has 8 heteroatoms. The summed E-state index contributed by atoms with van der Waals surface area (Å²) in [5.41, 5.74) is 0.777. The van der Waals surface area contributed by atoms with Crippen molar-refractivity contribution in [2.75, 3.05) is 26.8 Å². The van der Waals surface area contributed by atoms with E-state index in [1.165, 1.54) is 0 Å². The third kappa shape index (κ3) is 4.44. The Balaban J connectivity index is 1.58. The lowest BCUT2D eigenvalue weighted by atomic mass is 10.2. The first-order valence-electron chi connectivity index (χ1n) is 8.34. The van der Waals surface area contributed by atoms with Crippen LogP contribution in [-0.4, -0.2) is 54.9 Å². The molecule has 26 heavy (non-hydrogen) atoms. The van der Waals surface area contributed by atoms with E-state index < -0.39 is 11.1 Å². The average molecular weight is 376 g/mol. The van der Waals surface area contributed by atoms with Crippen molar-refractivity contribution in [3.8, 4) is 5.75 Å². The van der Waals surface area contributed by atoms with Crippen LogP contribution in [0.4, 0.5) is 4.79 Å². The molecule has 2 aliphatic rings. The quantitative estimate of drug-likeness (QED) is 0.765. The number of imide groups is 1. The van der Waals surface area contributed by atoms with Gasteiger partial charge in [-0.05, 0) is 48.4 Å². The summed E-state index contributed by atoms with van der Waals surface area (Å²) in [6, 6.07) is 7.13. The van der Waals surface area contributed by atoms with Crippen molar-refractivity contribution >= 4 is 34.9 Å². The van der Waals surface area contributed by atoms with E-state index >= 15 is 0 Å². The number of ether oxygens (including phenoxy) is 2. The van der Waals surface area contributed by atoms with E-state index in [1.54, 1.807) is 37.5 Å². The fourth-order valence-corrected chi connectivity index (χ4v) is 3.56. The van der Waals surface area contributed by atoms with Crippen molar-refractivity contribution in [3.63, 3.8) is 0 Å². The molecule has 1 aromatic carbocycles. The maximum absolute atomic E-state index is 12.4. The van der Waals surface area contributed by atoms with E-state index in [9.17, 15) is 14.4 Å². The van der Waals surface area contributed by atoms with Gasteiger partial charge in [0.05, 0.1) is 18.1 Å². The molecule has 0 aromatic heterocycles.